The lowest BCUT2D eigenvalue weighted by atomic mass is 10.1. The monoisotopic (exact) mass is 340 g/mol. The molecule has 6 nitrogen and oxygen atoms in total. The number of amides is 2. The van der Waals surface area contributed by atoms with Gasteiger partial charge in [0.15, 0.2) is 14.6 Å². The molecule has 0 radical (unpaired) electrons. The summed E-state index contributed by atoms with van der Waals surface area (Å²) in [4.78, 5) is 25.6. The Balaban J connectivity index is 1.78. The summed E-state index contributed by atoms with van der Waals surface area (Å²) in [5.74, 6) is -0.824. The molecular weight excluding hydrogens is 324 g/mol. The third-order valence-corrected chi connectivity index (χ3v) is 7.01. The van der Waals surface area contributed by atoms with Gasteiger partial charge in [0, 0.05) is 10.9 Å². The van der Waals surface area contributed by atoms with E-state index in [1.54, 1.807) is 13.0 Å². The average molecular weight is 340 g/mol. The Morgan fingerprint density at radius 1 is 1.41 bits per heavy atom. The summed E-state index contributed by atoms with van der Waals surface area (Å²) < 4.78 is 21.6. The fraction of sp³-hybridized carbons (Fsp3) is 0.429. The van der Waals surface area contributed by atoms with Crippen LogP contribution in [0.3, 0.4) is 0 Å². The number of rotatable bonds is 2. The summed E-state index contributed by atoms with van der Waals surface area (Å²) in [5.41, 5.74) is 0.686. The van der Waals surface area contributed by atoms with Crippen molar-refractivity contribution >= 4 is 39.1 Å². The maximum atomic E-state index is 12.5. The Hall–Kier alpha value is -1.54. The van der Waals surface area contributed by atoms with Crippen LogP contribution in [-0.4, -0.2) is 42.5 Å². The van der Waals surface area contributed by atoms with E-state index < -0.39 is 32.4 Å². The van der Waals surface area contributed by atoms with Crippen LogP contribution in [-0.2, 0) is 19.4 Å². The Kier molecular flexibility index (Phi) is 3.68. The Labute approximate surface area is 133 Å². The van der Waals surface area contributed by atoms with Crippen molar-refractivity contribution in [2.24, 2.45) is 0 Å². The average Bonchev–Trinajstić information content (AvgIpc) is 2.79. The van der Waals surface area contributed by atoms with Gasteiger partial charge < -0.3 is 10.6 Å². The second kappa shape index (κ2) is 5.27. The lowest BCUT2D eigenvalue weighted by Gasteiger charge is -2.32. The molecule has 2 atom stereocenters. The number of hydrogen-bond acceptors (Lipinski definition) is 5. The molecule has 8 heteroatoms. The molecule has 0 aliphatic carbocycles. The first-order valence-corrected chi connectivity index (χ1v) is 9.55. The molecular formula is C14H16N2O4S2. The summed E-state index contributed by atoms with van der Waals surface area (Å²) in [6.07, 6.45) is 0.396. The maximum absolute atomic E-state index is 12.5. The van der Waals surface area contributed by atoms with Crippen molar-refractivity contribution in [2.45, 2.75) is 29.0 Å². The highest BCUT2D eigenvalue weighted by Crippen LogP contribution is 2.42. The Morgan fingerprint density at radius 3 is 2.82 bits per heavy atom. The van der Waals surface area contributed by atoms with E-state index in [1.807, 2.05) is 18.2 Å². The van der Waals surface area contributed by atoms with Crippen molar-refractivity contribution in [3.63, 3.8) is 0 Å². The predicted molar refractivity (Wildman–Crippen MR) is 84.5 cm³/mol. The van der Waals surface area contributed by atoms with Gasteiger partial charge in [-0.3, -0.25) is 9.59 Å². The quantitative estimate of drug-likeness (QED) is 0.777. The molecule has 0 aromatic heterocycles. The number of fused-ring (bicyclic) bond motifs is 1. The number of hydrogen-bond donors (Lipinski definition) is 2. The first-order valence-electron chi connectivity index (χ1n) is 6.91. The third-order valence-electron chi connectivity index (χ3n) is 3.88. The number of benzene rings is 1. The van der Waals surface area contributed by atoms with E-state index in [4.69, 9.17) is 0 Å². The van der Waals surface area contributed by atoms with Gasteiger partial charge in [-0.1, -0.05) is 23.9 Å². The van der Waals surface area contributed by atoms with E-state index in [2.05, 4.69) is 10.6 Å². The molecule has 0 spiro atoms. The summed E-state index contributed by atoms with van der Waals surface area (Å²) in [7, 11) is -3.08. The van der Waals surface area contributed by atoms with E-state index in [0.29, 0.717) is 12.1 Å². The van der Waals surface area contributed by atoms with Crippen molar-refractivity contribution in [3.8, 4) is 0 Å². The van der Waals surface area contributed by atoms with Gasteiger partial charge in [-0.2, -0.15) is 0 Å². The lowest BCUT2D eigenvalue weighted by Crippen LogP contribution is -2.54. The topological polar surface area (TPSA) is 92.3 Å². The van der Waals surface area contributed by atoms with Crippen LogP contribution in [0.15, 0.2) is 29.2 Å². The number of thioether (sulfide) groups is 1. The minimum atomic E-state index is -3.08. The maximum Gasteiger partial charge on any atom is 0.250 e. The highest BCUT2D eigenvalue weighted by atomic mass is 32.2. The van der Waals surface area contributed by atoms with Gasteiger partial charge in [0.25, 0.3) is 0 Å². The van der Waals surface area contributed by atoms with Gasteiger partial charge in [-0.25, -0.2) is 8.42 Å². The molecule has 0 saturated carbocycles. The van der Waals surface area contributed by atoms with Crippen LogP contribution in [0.4, 0.5) is 5.69 Å². The predicted octanol–water partition coefficient (Wildman–Crippen LogP) is 0.793. The van der Waals surface area contributed by atoms with E-state index in [9.17, 15) is 18.0 Å². The SMILES string of the molecule is C[C@@]1(C(=O)N[C@@H]2CCS(=O)(=O)C2)Sc2ccccc2NC1=O. The summed E-state index contributed by atoms with van der Waals surface area (Å²) in [6, 6.07) is 6.85. The Bertz CT molecular complexity index is 747. The molecule has 2 aliphatic rings. The van der Waals surface area contributed by atoms with E-state index in [-0.39, 0.29) is 11.5 Å². The van der Waals surface area contributed by atoms with Gasteiger partial charge in [-0.05, 0) is 25.5 Å². The van der Waals surface area contributed by atoms with Gasteiger partial charge >= 0.3 is 0 Å². The normalized spacial score (nSPS) is 29.5. The van der Waals surface area contributed by atoms with Crippen LogP contribution in [0.1, 0.15) is 13.3 Å². The highest BCUT2D eigenvalue weighted by molar-refractivity contribution is 8.02. The van der Waals surface area contributed by atoms with Gasteiger partial charge in [0.1, 0.15) is 0 Å². The van der Waals surface area contributed by atoms with Gasteiger partial charge in [0.2, 0.25) is 11.8 Å². The van der Waals surface area contributed by atoms with Crippen molar-refractivity contribution in [1.29, 1.82) is 0 Å². The molecule has 0 unspecified atom stereocenters. The summed E-state index contributed by atoms with van der Waals surface area (Å²) >= 11 is 1.19. The molecule has 1 saturated heterocycles. The second-order valence-electron chi connectivity index (χ2n) is 5.66. The minimum Gasteiger partial charge on any atom is -0.351 e. The molecule has 3 rings (SSSR count). The first-order chi connectivity index (χ1) is 10.3. The molecule has 1 fully saturated rings. The Morgan fingerprint density at radius 2 is 2.14 bits per heavy atom. The number of sulfone groups is 1. The van der Waals surface area contributed by atoms with Crippen molar-refractivity contribution in [2.75, 3.05) is 16.8 Å². The van der Waals surface area contributed by atoms with Crippen LogP contribution in [0.2, 0.25) is 0 Å². The molecule has 0 bridgehead atoms. The number of carbonyl (C=O) groups excluding carboxylic acids is 2. The molecule has 2 aliphatic heterocycles. The van der Waals surface area contributed by atoms with Gasteiger partial charge in [0.05, 0.1) is 17.2 Å². The number of para-hydroxylation sites is 1. The number of nitrogens with one attached hydrogen (secondary N) is 2. The van der Waals surface area contributed by atoms with Gasteiger partial charge in [-0.15, -0.1) is 0 Å². The van der Waals surface area contributed by atoms with Crippen LogP contribution < -0.4 is 10.6 Å². The molecule has 2 N–H and O–H groups in total. The van der Waals surface area contributed by atoms with Crippen molar-refractivity contribution < 1.29 is 18.0 Å². The molecule has 2 amide bonds. The number of anilines is 1. The number of carbonyl (C=O) groups is 2. The van der Waals surface area contributed by atoms with E-state index in [0.717, 1.165) is 4.90 Å². The molecule has 22 heavy (non-hydrogen) atoms. The lowest BCUT2D eigenvalue weighted by molar-refractivity contribution is -0.130. The molecule has 2 heterocycles. The van der Waals surface area contributed by atoms with Crippen LogP contribution >= 0.6 is 11.8 Å². The van der Waals surface area contributed by atoms with Crippen LogP contribution in [0.25, 0.3) is 0 Å². The summed E-state index contributed by atoms with van der Waals surface area (Å²) in [5, 5.41) is 5.44. The fourth-order valence-corrected chi connectivity index (χ4v) is 5.33. The fourth-order valence-electron chi connectivity index (χ4n) is 2.55. The van der Waals surface area contributed by atoms with Crippen molar-refractivity contribution in [3.05, 3.63) is 24.3 Å². The highest BCUT2D eigenvalue weighted by Gasteiger charge is 2.47. The second-order valence-corrected chi connectivity index (χ2v) is 9.35. The first kappa shape index (κ1) is 15.4. The standard InChI is InChI=1S/C14H16N2O4S2/c1-14(12(17)15-9-6-7-22(19,20)8-9)13(18)16-10-4-2-3-5-11(10)21-14/h2-5,9H,6-8H2,1H3,(H,15,17)(H,16,18)/t9-,14+/m1/s1. The largest absolute Gasteiger partial charge is 0.351 e. The molecule has 118 valence electrons. The zero-order chi connectivity index (χ0) is 16.0. The van der Waals surface area contributed by atoms with E-state index in [1.165, 1.54) is 11.8 Å². The van der Waals surface area contributed by atoms with Crippen molar-refractivity contribution in [1.82, 2.24) is 5.32 Å². The smallest absolute Gasteiger partial charge is 0.250 e. The molecule has 1 aromatic carbocycles. The summed E-state index contributed by atoms with van der Waals surface area (Å²) in [6.45, 7) is 1.56. The molecule has 1 aromatic rings. The van der Waals surface area contributed by atoms with E-state index >= 15 is 0 Å². The van der Waals surface area contributed by atoms with Crippen LogP contribution in [0, 0.1) is 0 Å². The minimum absolute atomic E-state index is 0.0578. The zero-order valence-corrected chi connectivity index (χ0v) is 13.6. The third kappa shape index (κ3) is 2.72. The van der Waals surface area contributed by atoms with Crippen LogP contribution in [0.5, 0.6) is 0 Å². The zero-order valence-electron chi connectivity index (χ0n) is 12.0.